The van der Waals surface area contributed by atoms with Gasteiger partial charge in [0.05, 0.1) is 12.0 Å². The maximum absolute atomic E-state index is 3.74. The zero-order valence-electron chi connectivity index (χ0n) is 28.3. The van der Waals surface area contributed by atoms with Crippen molar-refractivity contribution in [2.75, 3.05) is 0 Å². The van der Waals surface area contributed by atoms with Crippen molar-refractivity contribution in [3.8, 4) is 0 Å². The lowest BCUT2D eigenvalue weighted by molar-refractivity contribution is -0.727. The molecule has 1 aromatic heterocycles. The van der Waals surface area contributed by atoms with E-state index in [4.69, 9.17) is 0 Å². The van der Waals surface area contributed by atoms with Gasteiger partial charge in [0.2, 0.25) is 0 Å². The smallest absolute Gasteiger partial charge is 0.247 e. The molecule has 0 aliphatic rings. The van der Waals surface area contributed by atoms with E-state index >= 15 is 0 Å². The van der Waals surface area contributed by atoms with Gasteiger partial charge in [-0.15, -0.1) is 0 Å². The second kappa shape index (κ2) is 28.3. The van der Waals surface area contributed by atoms with Crippen LogP contribution in [0, 0.1) is 0 Å². The van der Waals surface area contributed by atoms with Gasteiger partial charge in [0.15, 0.2) is 0 Å². The molecule has 2 unspecified atom stereocenters. The van der Waals surface area contributed by atoms with E-state index in [1.54, 1.807) is 0 Å². The highest BCUT2D eigenvalue weighted by atomic mass is 15.1. The summed E-state index contributed by atoms with van der Waals surface area (Å²) >= 11 is 0. The van der Waals surface area contributed by atoms with Gasteiger partial charge in [-0.1, -0.05) is 181 Å². The zero-order chi connectivity index (χ0) is 28.9. The van der Waals surface area contributed by atoms with E-state index in [1.165, 1.54) is 192 Å². The molecule has 0 radical (unpaired) electrons. The van der Waals surface area contributed by atoms with Crippen LogP contribution >= 0.6 is 0 Å². The fourth-order valence-corrected chi connectivity index (χ4v) is 6.60. The summed E-state index contributed by atoms with van der Waals surface area (Å²) in [5, 5.41) is 0. The summed E-state index contributed by atoms with van der Waals surface area (Å²) in [6, 6.07) is 0.621. The van der Waals surface area contributed by atoms with E-state index in [2.05, 4.69) is 49.6 Å². The molecule has 0 saturated carbocycles. The minimum Gasteiger partial charge on any atom is -0.247 e. The molecule has 0 bridgehead atoms. The van der Waals surface area contributed by atoms with Crippen LogP contribution in [0.4, 0.5) is 0 Å². The summed E-state index contributed by atoms with van der Waals surface area (Å²) in [6.45, 7) is 9.40. The molecule has 0 spiro atoms. The number of aromatic amines is 1. The van der Waals surface area contributed by atoms with Crippen LogP contribution in [0.3, 0.4) is 0 Å². The highest BCUT2D eigenvalue weighted by Gasteiger charge is 2.25. The van der Waals surface area contributed by atoms with Gasteiger partial charge >= 0.3 is 0 Å². The average Bonchev–Trinajstić information content (AvgIpc) is 3.45. The summed E-state index contributed by atoms with van der Waals surface area (Å²) in [4.78, 5) is 3.74. The van der Waals surface area contributed by atoms with Gasteiger partial charge in [0.25, 0.3) is 5.82 Å². The molecule has 1 N–H and O–H groups in total. The second-order valence-electron chi connectivity index (χ2n) is 13.3. The Morgan fingerprint density at radius 2 is 0.800 bits per heavy atom. The molecule has 236 valence electrons. The predicted octanol–water partition coefficient (Wildman–Crippen LogP) is 13.3. The number of hydrogen-bond donors (Lipinski definition) is 1. The molecule has 1 heterocycles. The first-order valence-electron chi connectivity index (χ1n) is 18.8. The second-order valence-corrected chi connectivity index (χ2v) is 13.3. The van der Waals surface area contributed by atoms with Gasteiger partial charge in [0, 0.05) is 0 Å². The number of H-pyrrole nitrogens is 1. The molecule has 40 heavy (non-hydrogen) atoms. The molecular weight excluding hydrogens is 484 g/mol. The number of imidazole rings is 1. The van der Waals surface area contributed by atoms with Crippen LogP contribution in [0.5, 0.6) is 0 Å². The fourth-order valence-electron chi connectivity index (χ4n) is 6.60. The topological polar surface area (TPSA) is 19.7 Å². The quantitative estimate of drug-likeness (QED) is 0.0689. The average molecular weight is 560 g/mol. The Kier molecular flexibility index (Phi) is 26.4. The normalized spacial score (nSPS) is 13.2. The number of unbranched alkanes of at least 4 members (excludes halogenated alkanes) is 23. The summed E-state index contributed by atoms with van der Waals surface area (Å²) in [6.07, 6.45) is 45.7. The Balaban J connectivity index is 2.44. The van der Waals surface area contributed by atoms with Crippen molar-refractivity contribution in [2.24, 2.45) is 0 Å². The lowest BCUT2D eigenvalue weighted by Crippen LogP contribution is -2.41. The van der Waals surface area contributed by atoms with Gasteiger partial charge in [-0.2, -0.15) is 0 Å². The van der Waals surface area contributed by atoms with Crippen LogP contribution in [0.15, 0.2) is 12.4 Å². The van der Waals surface area contributed by atoms with E-state index in [1.807, 2.05) is 0 Å². The standard InChI is InChI=1S/C38H74N2/c1-5-8-11-14-17-19-20-22-24-27-30-33-37(32-29-26-23-21-18-15-12-9-6-2)38-39-34-35-40(38)36(4)31-28-25-16-13-10-7-3/h34-37H,5-33H2,1-4H3/p+1. The molecule has 0 saturated heterocycles. The van der Waals surface area contributed by atoms with E-state index in [-0.39, 0.29) is 0 Å². The fraction of sp³-hybridized carbons (Fsp3) is 0.921. The molecule has 0 aliphatic heterocycles. The van der Waals surface area contributed by atoms with E-state index in [0.717, 1.165) is 0 Å². The molecule has 0 fully saturated rings. The highest BCUT2D eigenvalue weighted by Crippen LogP contribution is 2.27. The largest absolute Gasteiger partial charge is 0.257 e. The molecule has 1 rings (SSSR count). The first kappa shape index (κ1) is 37.2. The Morgan fingerprint density at radius 3 is 1.18 bits per heavy atom. The van der Waals surface area contributed by atoms with Crippen molar-refractivity contribution in [3.63, 3.8) is 0 Å². The van der Waals surface area contributed by atoms with Crippen LogP contribution < -0.4 is 4.57 Å². The third kappa shape index (κ3) is 20.1. The molecule has 2 heteroatoms. The van der Waals surface area contributed by atoms with Crippen molar-refractivity contribution >= 4 is 0 Å². The number of nitrogens with one attached hydrogen (secondary N) is 1. The summed E-state index contributed by atoms with van der Waals surface area (Å²) in [7, 11) is 0. The van der Waals surface area contributed by atoms with Crippen LogP contribution in [-0.2, 0) is 0 Å². The Hall–Kier alpha value is -0.790. The third-order valence-electron chi connectivity index (χ3n) is 9.39. The van der Waals surface area contributed by atoms with Crippen molar-refractivity contribution < 1.29 is 4.57 Å². The molecule has 0 aliphatic carbocycles. The molecule has 0 aromatic carbocycles. The number of aromatic nitrogens is 2. The summed E-state index contributed by atoms with van der Waals surface area (Å²) in [5.41, 5.74) is 0. The van der Waals surface area contributed by atoms with Gasteiger partial charge in [-0.3, -0.25) is 0 Å². The van der Waals surface area contributed by atoms with Crippen LogP contribution in [0.2, 0.25) is 0 Å². The first-order valence-corrected chi connectivity index (χ1v) is 18.8. The van der Waals surface area contributed by atoms with Gasteiger partial charge in [0.1, 0.15) is 12.4 Å². The van der Waals surface area contributed by atoms with Crippen LogP contribution in [0.1, 0.15) is 232 Å². The van der Waals surface area contributed by atoms with Crippen molar-refractivity contribution in [2.45, 2.75) is 226 Å². The number of hydrogen-bond acceptors (Lipinski definition) is 0. The van der Waals surface area contributed by atoms with Crippen LogP contribution in [0.25, 0.3) is 0 Å². The van der Waals surface area contributed by atoms with E-state index in [0.29, 0.717) is 12.0 Å². The maximum Gasteiger partial charge on any atom is 0.257 e. The molecule has 2 nitrogen and oxygen atoms in total. The maximum atomic E-state index is 3.74. The van der Waals surface area contributed by atoms with E-state index < -0.39 is 0 Å². The minimum atomic E-state index is 0.621. The molecule has 1 aromatic rings. The van der Waals surface area contributed by atoms with Crippen molar-refractivity contribution in [1.29, 1.82) is 0 Å². The SMILES string of the molecule is CCCCCCCCCCCCCC(CCCCCCCCCCC)c1[nH]cc[n+]1C(C)CCCCCCCC. The lowest BCUT2D eigenvalue weighted by atomic mass is 9.92. The Labute approximate surface area is 253 Å². The van der Waals surface area contributed by atoms with Crippen molar-refractivity contribution in [1.82, 2.24) is 4.98 Å². The lowest BCUT2D eigenvalue weighted by Gasteiger charge is -2.17. The minimum absolute atomic E-state index is 0.621. The molecular formula is C38H75N2+. The summed E-state index contributed by atoms with van der Waals surface area (Å²) < 4.78 is 2.63. The Morgan fingerprint density at radius 1 is 0.475 bits per heavy atom. The number of nitrogens with zero attached hydrogens (tertiary/aromatic N) is 1. The third-order valence-corrected chi connectivity index (χ3v) is 9.39. The van der Waals surface area contributed by atoms with Gasteiger partial charge < -0.3 is 0 Å². The van der Waals surface area contributed by atoms with Gasteiger partial charge in [-0.25, -0.2) is 9.55 Å². The monoisotopic (exact) mass is 560 g/mol. The number of rotatable bonds is 31. The highest BCUT2D eigenvalue weighted by molar-refractivity contribution is 4.90. The Bertz CT molecular complexity index is 621. The first-order chi connectivity index (χ1) is 19.7. The molecule has 0 amide bonds. The zero-order valence-corrected chi connectivity index (χ0v) is 28.3. The van der Waals surface area contributed by atoms with E-state index in [9.17, 15) is 0 Å². The van der Waals surface area contributed by atoms with Gasteiger partial charge in [-0.05, 0) is 32.6 Å². The molecule has 2 atom stereocenters. The summed E-state index contributed by atoms with van der Waals surface area (Å²) in [5.74, 6) is 2.25. The van der Waals surface area contributed by atoms with Crippen molar-refractivity contribution in [3.05, 3.63) is 18.2 Å². The van der Waals surface area contributed by atoms with Crippen LogP contribution in [-0.4, -0.2) is 4.98 Å². The predicted molar refractivity (Wildman–Crippen MR) is 179 cm³/mol.